The Kier molecular flexibility index (Phi) is 5.91. The van der Waals surface area contributed by atoms with E-state index in [2.05, 4.69) is 20.6 Å². The van der Waals surface area contributed by atoms with Gasteiger partial charge in [0.2, 0.25) is 5.91 Å². The molecule has 0 spiro atoms. The number of aryl methyl sites for hydroxylation is 2. The Labute approximate surface area is 163 Å². The van der Waals surface area contributed by atoms with Crippen molar-refractivity contribution in [2.24, 2.45) is 0 Å². The minimum atomic E-state index is -0.303. The van der Waals surface area contributed by atoms with Crippen LogP contribution >= 0.6 is 0 Å². The molecule has 2 N–H and O–H groups in total. The molecule has 3 rings (SSSR count). The molecule has 2 amide bonds. The normalized spacial score (nSPS) is 10.6. The van der Waals surface area contributed by atoms with Crippen LogP contribution in [0.1, 0.15) is 27.0 Å². The molecular formula is C22H20N4O2. The van der Waals surface area contributed by atoms with Crippen molar-refractivity contribution in [1.29, 1.82) is 0 Å². The highest BCUT2D eigenvalue weighted by Crippen LogP contribution is 2.19. The highest BCUT2D eigenvalue weighted by atomic mass is 16.2. The summed E-state index contributed by atoms with van der Waals surface area (Å²) in [7, 11) is 0. The van der Waals surface area contributed by atoms with Crippen LogP contribution in [0, 0.1) is 13.8 Å². The molecule has 0 fully saturated rings. The van der Waals surface area contributed by atoms with Crippen molar-refractivity contribution in [2.45, 2.75) is 13.8 Å². The Bertz CT molecular complexity index is 1010. The first kappa shape index (κ1) is 19.0. The highest BCUT2D eigenvalue weighted by Gasteiger charge is 2.10. The molecule has 0 aliphatic rings. The molecule has 6 nitrogen and oxygen atoms in total. The number of carbonyl (C=O) groups is 2. The Hall–Kier alpha value is -3.80. The first-order valence-corrected chi connectivity index (χ1v) is 8.74. The molecule has 6 heteroatoms. The van der Waals surface area contributed by atoms with Gasteiger partial charge in [-0.1, -0.05) is 23.8 Å². The van der Waals surface area contributed by atoms with Gasteiger partial charge in [-0.05, 0) is 49.8 Å². The van der Waals surface area contributed by atoms with Crippen molar-refractivity contribution in [3.8, 4) is 0 Å². The summed E-state index contributed by atoms with van der Waals surface area (Å²) in [5, 5.41) is 5.65. The van der Waals surface area contributed by atoms with Gasteiger partial charge in [0.1, 0.15) is 6.33 Å². The molecule has 1 heterocycles. The molecule has 3 aromatic rings. The number of nitrogens with zero attached hydrogens (tertiary/aromatic N) is 2. The van der Waals surface area contributed by atoms with Gasteiger partial charge in [-0.2, -0.15) is 0 Å². The van der Waals surface area contributed by atoms with E-state index >= 15 is 0 Å². The van der Waals surface area contributed by atoms with Gasteiger partial charge in [-0.15, -0.1) is 0 Å². The van der Waals surface area contributed by atoms with Gasteiger partial charge in [0.05, 0.1) is 0 Å². The fourth-order valence-electron chi connectivity index (χ4n) is 2.48. The smallest absolute Gasteiger partial charge is 0.255 e. The molecule has 0 radical (unpaired) electrons. The van der Waals surface area contributed by atoms with Gasteiger partial charge in [-0.3, -0.25) is 9.59 Å². The molecule has 140 valence electrons. The van der Waals surface area contributed by atoms with E-state index in [-0.39, 0.29) is 11.8 Å². The molecule has 1 aromatic heterocycles. The van der Waals surface area contributed by atoms with E-state index in [4.69, 9.17) is 0 Å². The maximum Gasteiger partial charge on any atom is 0.255 e. The Morgan fingerprint density at radius 1 is 0.929 bits per heavy atom. The molecule has 28 heavy (non-hydrogen) atoms. The lowest BCUT2D eigenvalue weighted by atomic mass is 10.1. The third-order valence-electron chi connectivity index (χ3n) is 4.07. The number of anilines is 2. The van der Waals surface area contributed by atoms with Crippen molar-refractivity contribution < 1.29 is 9.59 Å². The predicted molar refractivity (Wildman–Crippen MR) is 110 cm³/mol. The largest absolute Gasteiger partial charge is 0.322 e. The summed E-state index contributed by atoms with van der Waals surface area (Å²) < 4.78 is 0. The molecule has 0 saturated carbocycles. The van der Waals surface area contributed by atoms with Gasteiger partial charge in [0, 0.05) is 41.0 Å². The number of aromatic nitrogens is 2. The zero-order valence-corrected chi connectivity index (χ0v) is 15.6. The number of rotatable bonds is 5. The number of carbonyl (C=O) groups excluding carboxylic acids is 2. The average molecular weight is 372 g/mol. The summed E-state index contributed by atoms with van der Waals surface area (Å²) in [5.41, 5.74) is 4.46. The molecule has 0 unspecified atom stereocenters. The maximum absolute atomic E-state index is 12.5. The Morgan fingerprint density at radius 3 is 2.36 bits per heavy atom. The fraction of sp³-hybridized carbons (Fsp3) is 0.0909. The zero-order chi connectivity index (χ0) is 19.9. The molecule has 0 aliphatic heterocycles. The fourth-order valence-corrected chi connectivity index (χ4v) is 2.48. The quantitative estimate of drug-likeness (QED) is 0.663. The second-order valence-corrected chi connectivity index (χ2v) is 6.34. The van der Waals surface area contributed by atoms with Crippen LogP contribution in [0.15, 0.2) is 67.3 Å². The van der Waals surface area contributed by atoms with E-state index in [9.17, 15) is 9.59 Å². The molecule has 2 aromatic carbocycles. The van der Waals surface area contributed by atoms with Crippen molar-refractivity contribution in [3.05, 3.63) is 89.5 Å². The molecule has 0 bridgehead atoms. The van der Waals surface area contributed by atoms with Gasteiger partial charge in [0.25, 0.3) is 5.91 Å². The zero-order valence-electron chi connectivity index (χ0n) is 15.6. The number of benzene rings is 2. The number of amides is 2. The highest BCUT2D eigenvalue weighted by molar-refractivity contribution is 6.06. The molecule has 0 aliphatic carbocycles. The van der Waals surface area contributed by atoms with E-state index in [1.165, 1.54) is 12.4 Å². The van der Waals surface area contributed by atoms with E-state index in [0.29, 0.717) is 11.3 Å². The predicted octanol–water partition coefficient (Wildman–Crippen LogP) is 4.00. The van der Waals surface area contributed by atoms with Gasteiger partial charge in [0.15, 0.2) is 0 Å². The van der Waals surface area contributed by atoms with Gasteiger partial charge >= 0.3 is 0 Å². The van der Waals surface area contributed by atoms with Gasteiger partial charge in [-0.25, -0.2) is 9.97 Å². The van der Waals surface area contributed by atoms with Crippen LogP contribution in [-0.4, -0.2) is 21.8 Å². The topological polar surface area (TPSA) is 84.0 Å². The van der Waals surface area contributed by atoms with Crippen LogP contribution in [0.25, 0.3) is 6.08 Å². The van der Waals surface area contributed by atoms with Crippen molar-refractivity contribution in [1.82, 2.24) is 9.97 Å². The number of nitrogens with one attached hydrogen (secondary N) is 2. The lowest BCUT2D eigenvalue weighted by Crippen LogP contribution is -2.14. The number of hydrogen-bond acceptors (Lipinski definition) is 4. The minimum absolute atomic E-state index is 0.240. The standard InChI is InChI=1S/C22H20N4O2/c1-15-3-8-19(9-4-15)25-22(28)18-7-5-16(2)20(11-18)26-21(27)10-6-17-12-23-14-24-13-17/h3-14H,1-2H3,(H,25,28)(H,26,27). The second kappa shape index (κ2) is 8.73. The summed E-state index contributed by atoms with van der Waals surface area (Å²) in [6.45, 7) is 3.85. The lowest BCUT2D eigenvalue weighted by molar-refractivity contribution is -0.111. The molecule has 0 atom stereocenters. The van der Waals surface area contributed by atoms with Crippen LogP contribution in [-0.2, 0) is 4.79 Å². The monoisotopic (exact) mass is 372 g/mol. The Balaban J connectivity index is 1.70. The third kappa shape index (κ3) is 5.11. The van der Waals surface area contributed by atoms with E-state index in [1.807, 2.05) is 38.1 Å². The van der Waals surface area contributed by atoms with Crippen molar-refractivity contribution in [3.63, 3.8) is 0 Å². The first-order valence-electron chi connectivity index (χ1n) is 8.74. The van der Waals surface area contributed by atoms with Gasteiger partial charge < -0.3 is 10.6 Å². The number of hydrogen-bond donors (Lipinski definition) is 2. The Morgan fingerprint density at radius 2 is 1.64 bits per heavy atom. The summed E-state index contributed by atoms with van der Waals surface area (Å²) in [6, 6.07) is 12.8. The van der Waals surface area contributed by atoms with Crippen LogP contribution in [0.5, 0.6) is 0 Å². The van der Waals surface area contributed by atoms with Crippen molar-refractivity contribution in [2.75, 3.05) is 10.6 Å². The lowest BCUT2D eigenvalue weighted by Gasteiger charge is -2.10. The van der Waals surface area contributed by atoms with Crippen LogP contribution in [0.3, 0.4) is 0 Å². The van der Waals surface area contributed by atoms with E-state index < -0.39 is 0 Å². The van der Waals surface area contributed by atoms with E-state index in [0.717, 1.165) is 22.4 Å². The average Bonchev–Trinajstić information content (AvgIpc) is 2.70. The van der Waals surface area contributed by atoms with Crippen LogP contribution in [0.4, 0.5) is 11.4 Å². The first-order chi connectivity index (χ1) is 13.5. The maximum atomic E-state index is 12.5. The third-order valence-corrected chi connectivity index (χ3v) is 4.07. The minimum Gasteiger partial charge on any atom is -0.322 e. The molecule has 0 saturated heterocycles. The second-order valence-electron chi connectivity index (χ2n) is 6.34. The summed E-state index contributed by atoms with van der Waals surface area (Å²) in [6.07, 6.45) is 7.67. The summed E-state index contributed by atoms with van der Waals surface area (Å²) >= 11 is 0. The summed E-state index contributed by atoms with van der Waals surface area (Å²) in [4.78, 5) is 32.5. The van der Waals surface area contributed by atoms with Crippen molar-refractivity contribution >= 4 is 29.3 Å². The van der Waals surface area contributed by atoms with E-state index in [1.54, 1.807) is 36.7 Å². The summed E-state index contributed by atoms with van der Waals surface area (Å²) in [5.74, 6) is -0.542. The van der Waals surface area contributed by atoms with Crippen LogP contribution in [0.2, 0.25) is 0 Å². The van der Waals surface area contributed by atoms with Crippen LogP contribution < -0.4 is 10.6 Å². The SMILES string of the molecule is Cc1ccc(NC(=O)c2ccc(C)c(NC(=O)C=Cc3cncnc3)c2)cc1. The molecular weight excluding hydrogens is 352 g/mol.